The fraction of sp³-hybridized carbons (Fsp3) is 0.417. The topological polar surface area (TPSA) is 63.8 Å². The molecule has 0 saturated carbocycles. The van der Waals surface area contributed by atoms with Crippen molar-refractivity contribution in [3.63, 3.8) is 0 Å². The van der Waals surface area contributed by atoms with Crippen LogP contribution in [0.15, 0.2) is 28.9 Å². The molecule has 0 aromatic carbocycles. The van der Waals surface area contributed by atoms with Crippen LogP contribution in [-0.2, 0) is 6.42 Å². The van der Waals surface area contributed by atoms with Crippen molar-refractivity contribution in [2.45, 2.75) is 19.8 Å². The second-order valence-corrected chi connectivity index (χ2v) is 3.74. The second kappa shape index (κ2) is 6.10. The van der Waals surface area contributed by atoms with Crippen molar-refractivity contribution in [2.24, 2.45) is 0 Å². The van der Waals surface area contributed by atoms with Crippen molar-refractivity contribution in [3.8, 4) is 11.5 Å². The van der Waals surface area contributed by atoms with Gasteiger partial charge in [-0.25, -0.2) is 0 Å². The van der Waals surface area contributed by atoms with Gasteiger partial charge in [0, 0.05) is 30.9 Å². The van der Waals surface area contributed by atoms with E-state index in [0.29, 0.717) is 11.8 Å². The first-order valence-electron chi connectivity index (χ1n) is 5.83. The maximum Gasteiger partial charge on any atom is 0.247 e. The lowest BCUT2D eigenvalue weighted by Gasteiger charge is -1.98. The Labute approximate surface area is 100 Å². The van der Waals surface area contributed by atoms with Crippen LogP contribution in [-0.4, -0.2) is 28.3 Å². The van der Waals surface area contributed by atoms with Crippen LogP contribution in [0.4, 0.5) is 0 Å². The third kappa shape index (κ3) is 3.35. The summed E-state index contributed by atoms with van der Waals surface area (Å²) in [5.41, 5.74) is 0.903. The number of hydrogen-bond acceptors (Lipinski definition) is 5. The van der Waals surface area contributed by atoms with Gasteiger partial charge in [0.05, 0.1) is 0 Å². The number of hydrogen-bond donors (Lipinski definition) is 1. The van der Waals surface area contributed by atoms with Gasteiger partial charge in [-0.1, -0.05) is 6.92 Å². The van der Waals surface area contributed by atoms with Crippen molar-refractivity contribution in [3.05, 3.63) is 30.4 Å². The van der Waals surface area contributed by atoms with Gasteiger partial charge in [-0.3, -0.25) is 4.98 Å². The van der Waals surface area contributed by atoms with E-state index in [1.165, 1.54) is 0 Å². The van der Waals surface area contributed by atoms with Crippen LogP contribution in [0.1, 0.15) is 19.2 Å². The average Bonchev–Trinajstić information content (AvgIpc) is 2.85. The molecule has 0 fully saturated rings. The minimum absolute atomic E-state index is 0.554. The molecule has 5 heteroatoms. The summed E-state index contributed by atoms with van der Waals surface area (Å²) >= 11 is 0. The summed E-state index contributed by atoms with van der Waals surface area (Å²) in [6.45, 7) is 4.03. The Morgan fingerprint density at radius 2 is 2.00 bits per heavy atom. The SMILES string of the molecule is CCCNCCc1nnc(-c2ccncc2)o1. The first-order chi connectivity index (χ1) is 8.40. The Morgan fingerprint density at radius 1 is 1.18 bits per heavy atom. The van der Waals surface area contributed by atoms with E-state index in [2.05, 4.69) is 27.4 Å². The van der Waals surface area contributed by atoms with Gasteiger partial charge in [-0.2, -0.15) is 0 Å². The third-order valence-electron chi connectivity index (χ3n) is 2.34. The summed E-state index contributed by atoms with van der Waals surface area (Å²) in [5.74, 6) is 1.22. The zero-order valence-corrected chi connectivity index (χ0v) is 9.89. The lowest BCUT2D eigenvalue weighted by Crippen LogP contribution is -2.17. The first-order valence-corrected chi connectivity index (χ1v) is 5.83. The molecule has 0 unspecified atom stereocenters. The largest absolute Gasteiger partial charge is 0.421 e. The molecule has 0 aliphatic rings. The zero-order valence-electron chi connectivity index (χ0n) is 9.89. The highest BCUT2D eigenvalue weighted by atomic mass is 16.4. The van der Waals surface area contributed by atoms with Gasteiger partial charge in [-0.15, -0.1) is 10.2 Å². The van der Waals surface area contributed by atoms with Gasteiger partial charge in [0.15, 0.2) is 0 Å². The van der Waals surface area contributed by atoms with Crippen LogP contribution in [0.25, 0.3) is 11.5 Å². The fourth-order valence-corrected chi connectivity index (χ4v) is 1.46. The Bertz CT molecular complexity index is 441. The lowest BCUT2D eigenvalue weighted by atomic mass is 10.3. The second-order valence-electron chi connectivity index (χ2n) is 3.74. The Balaban J connectivity index is 1.92. The number of nitrogens with one attached hydrogen (secondary N) is 1. The third-order valence-corrected chi connectivity index (χ3v) is 2.34. The first kappa shape index (κ1) is 11.7. The molecule has 2 aromatic rings. The molecule has 0 bridgehead atoms. The van der Waals surface area contributed by atoms with E-state index in [0.717, 1.165) is 31.5 Å². The normalized spacial score (nSPS) is 10.6. The number of nitrogens with zero attached hydrogens (tertiary/aromatic N) is 3. The number of aromatic nitrogens is 3. The zero-order chi connectivity index (χ0) is 11.9. The molecule has 0 aliphatic carbocycles. The molecule has 2 rings (SSSR count). The van der Waals surface area contributed by atoms with Crippen LogP contribution >= 0.6 is 0 Å². The Hall–Kier alpha value is -1.75. The Kier molecular flexibility index (Phi) is 4.21. The fourth-order valence-electron chi connectivity index (χ4n) is 1.46. The summed E-state index contributed by atoms with van der Waals surface area (Å²) in [6.07, 6.45) is 5.31. The number of pyridine rings is 1. The number of rotatable bonds is 6. The molecule has 1 N–H and O–H groups in total. The van der Waals surface area contributed by atoms with Gasteiger partial charge in [0.25, 0.3) is 0 Å². The molecular formula is C12H16N4O. The molecule has 5 nitrogen and oxygen atoms in total. The molecule has 0 atom stereocenters. The molecule has 2 aromatic heterocycles. The van der Waals surface area contributed by atoms with E-state index < -0.39 is 0 Å². The molecular weight excluding hydrogens is 216 g/mol. The van der Waals surface area contributed by atoms with Gasteiger partial charge in [0.1, 0.15) is 0 Å². The predicted octanol–water partition coefficient (Wildman–Crippen LogP) is 1.67. The highest BCUT2D eigenvalue weighted by Crippen LogP contribution is 2.15. The van der Waals surface area contributed by atoms with Gasteiger partial charge >= 0.3 is 0 Å². The van der Waals surface area contributed by atoms with E-state index >= 15 is 0 Å². The summed E-state index contributed by atoms with van der Waals surface area (Å²) in [5, 5.41) is 11.3. The van der Waals surface area contributed by atoms with E-state index in [1.807, 2.05) is 12.1 Å². The molecule has 90 valence electrons. The van der Waals surface area contributed by atoms with Crippen molar-refractivity contribution in [2.75, 3.05) is 13.1 Å². The summed E-state index contributed by atoms with van der Waals surface area (Å²) in [6, 6.07) is 3.71. The van der Waals surface area contributed by atoms with Gasteiger partial charge in [-0.05, 0) is 25.1 Å². The maximum absolute atomic E-state index is 5.56. The van der Waals surface area contributed by atoms with Gasteiger partial charge < -0.3 is 9.73 Å². The smallest absolute Gasteiger partial charge is 0.247 e. The Morgan fingerprint density at radius 3 is 2.76 bits per heavy atom. The predicted molar refractivity (Wildman–Crippen MR) is 64.4 cm³/mol. The molecule has 2 heterocycles. The molecule has 0 aliphatic heterocycles. The van der Waals surface area contributed by atoms with Crippen LogP contribution in [0.2, 0.25) is 0 Å². The highest BCUT2D eigenvalue weighted by Gasteiger charge is 2.07. The highest BCUT2D eigenvalue weighted by molar-refractivity contribution is 5.50. The quantitative estimate of drug-likeness (QED) is 0.767. The monoisotopic (exact) mass is 232 g/mol. The molecule has 0 saturated heterocycles. The van der Waals surface area contributed by atoms with Crippen molar-refractivity contribution < 1.29 is 4.42 Å². The van der Waals surface area contributed by atoms with Crippen LogP contribution in [0.5, 0.6) is 0 Å². The molecule has 0 spiro atoms. The minimum Gasteiger partial charge on any atom is -0.421 e. The maximum atomic E-state index is 5.56. The summed E-state index contributed by atoms with van der Waals surface area (Å²) in [4.78, 5) is 3.95. The van der Waals surface area contributed by atoms with Crippen molar-refractivity contribution >= 4 is 0 Å². The standard InChI is InChI=1S/C12H16N4O/c1-2-6-13-9-5-11-15-16-12(17-11)10-3-7-14-8-4-10/h3-4,7-8,13H,2,5-6,9H2,1H3. The van der Waals surface area contributed by atoms with Crippen LogP contribution in [0.3, 0.4) is 0 Å². The molecule has 17 heavy (non-hydrogen) atoms. The van der Waals surface area contributed by atoms with E-state index in [1.54, 1.807) is 12.4 Å². The van der Waals surface area contributed by atoms with Crippen LogP contribution < -0.4 is 5.32 Å². The van der Waals surface area contributed by atoms with E-state index in [-0.39, 0.29) is 0 Å². The molecule has 0 amide bonds. The van der Waals surface area contributed by atoms with Gasteiger partial charge in [0.2, 0.25) is 11.8 Å². The van der Waals surface area contributed by atoms with Crippen molar-refractivity contribution in [1.29, 1.82) is 0 Å². The average molecular weight is 232 g/mol. The van der Waals surface area contributed by atoms with E-state index in [9.17, 15) is 0 Å². The van der Waals surface area contributed by atoms with Crippen molar-refractivity contribution in [1.82, 2.24) is 20.5 Å². The summed E-state index contributed by atoms with van der Waals surface area (Å²) < 4.78 is 5.56. The summed E-state index contributed by atoms with van der Waals surface area (Å²) in [7, 11) is 0. The van der Waals surface area contributed by atoms with Crippen LogP contribution in [0, 0.1) is 0 Å². The minimum atomic E-state index is 0.554. The molecule has 0 radical (unpaired) electrons. The van der Waals surface area contributed by atoms with E-state index in [4.69, 9.17) is 4.42 Å². The lowest BCUT2D eigenvalue weighted by molar-refractivity contribution is 0.494.